The Morgan fingerprint density at radius 3 is 2.61 bits per heavy atom. The lowest BCUT2D eigenvalue weighted by Gasteiger charge is -2.08. The molecule has 0 aliphatic carbocycles. The number of carbonyl (C=O) groups is 1. The van der Waals surface area contributed by atoms with E-state index in [2.05, 4.69) is 30.1 Å². The Morgan fingerprint density at radius 2 is 1.89 bits per heavy atom. The van der Waals surface area contributed by atoms with Crippen LogP contribution >= 0.6 is 11.3 Å². The number of amides is 1. The van der Waals surface area contributed by atoms with E-state index in [1.54, 1.807) is 32.4 Å². The summed E-state index contributed by atoms with van der Waals surface area (Å²) < 4.78 is 19.2. The van der Waals surface area contributed by atoms with Gasteiger partial charge >= 0.3 is 0 Å². The molecule has 0 unspecified atom stereocenters. The third-order valence-electron chi connectivity index (χ3n) is 4.33. The quantitative estimate of drug-likeness (QED) is 0.566. The summed E-state index contributed by atoms with van der Waals surface area (Å²) in [6.45, 7) is 5.86. The normalized spacial score (nSPS) is 11.8. The summed E-state index contributed by atoms with van der Waals surface area (Å²) in [6.07, 6.45) is 0. The highest BCUT2D eigenvalue weighted by molar-refractivity contribution is 7.16. The first kappa shape index (κ1) is 20.1. The van der Waals surface area contributed by atoms with E-state index < -0.39 is 0 Å². The molecule has 1 heterocycles. The Morgan fingerprint density at radius 1 is 1.11 bits per heavy atom. The van der Waals surface area contributed by atoms with Gasteiger partial charge in [0.2, 0.25) is 0 Å². The van der Waals surface area contributed by atoms with Gasteiger partial charge in [0, 0.05) is 18.7 Å². The van der Waals surface area contributed by atoms with E-state index in [-0.39, 0.29) is 5.91 Å². The monoisotopic (exact) mass is 400 g/mol. The van der Waals surface area contributed by atoms with Crippen molar-refractivity contribution in [3.8, 4) is 11.5 Å². The second kappa shape index (κ2) is 9.03. The van der Waals surface area contributed by atoms with Gasteiger partial charge in [0.15, 0.2) is 16.3 Å². The Hall–Kier alpha value is -2.64. The summed E-state index contributed by atoms with van der Waals surface area (Å²) in [5.41, 5.74) is 2.67. The van der Waals surface area contributed by atoms with Crippen molar-refractivity contribution in [3.63, 3.8) is 0 Å². The lowest BCUT2D eigenvalue weighted by molar-refractivity contribution is 0.0996. The first-order chi connectivity index (χ1) is 13.6. The molecule has 1 aromatic heterocycles. The number of aryl methyl sites for hydroxylation is 1. The van der Waals surface area contributed by atoms with Gasteiger partial charge in [-0.1, -0.05) is 17.4 Å². The van der Waals surface area contributed by atoms with Crippen LogP contribution in [0.2, 0.25) is 0 Å². The van der Waals surface area contributed by atoms with Gasteiger partial charge in [-0.3, -0.25) is 4.79 Å². The van der Waals surface area contributed by atoms with Crippen molar-refractivity contribution in [1.29, 1.82) is 0 Å². The molecule has 7 heteroatoms. The minimum atomic E-state index is -0.325. The fourth-order valence-corrected chi connectivity index (χ4v) is 4.06. The molecule has 0 radical (unpaired) electrons. The Bertz CT molecular complexity index is 1050. The number of hydrogen-bond acceptors (Lipinski definition) is 5. The average Bonchev–Trinajstić information content (AvgIpc) is 3.03. The van der Waals surface area contributed by atoms with Crippen molar-refractivity contribution in [1.82, 2.24) is 4.57 Å². The molecule has 28 heavy (non-hydrogen) atoms. The zero-order valence-corrected chi connectivity index (χ0v) is 17.3. The Balaban J connectivity index is 2.04. The van der Waals surface area contributed by atoms with Gasteiger partial charge in [0.25, 0.3) is 5.91 Å². The number of ether oxygens (including phenoxy) is 3. The number of methoxy groups -OCH3 is 2. The number of carbonyl (C=O) groups excluding carboxylic acids is 1. The van der Waals surface area contributed by atoms with Gasteiger partial charge in [-0.05, 0) is 49.7 Å². The minimum absolute atomic E-state index is 0.325. The molecule has 0 atom stereocenters. The van der Waals surface area contributed by atoms with E-state index in [4.69, 9.17) is 14.2 Å². The van der Waals surface area contributed by atoms with Gasteiger partial charge in [0.1, 0.15) is 0 Å². The van der Waals surface area contributed by atoms with E-state index in [1.165, 1.54) is 16.9 Å². The third kappa shape index (κ3) is 4.26. The zero-order valence-electron chi connectivity index (χ0n) is 16.5. The highest BCUT2D eigenvalue weighted by Crippen LogP contribution is 2.28. The van der Waals surface area contributed by atoms with Gasteiger partial charge in [-0.25, -0.2) is 0 Å². The van der Waals surface area contributed by atoms with Crippen LogP contribution in [0.1, 0.15) is 22.8 Å². The second-order valence-electron chi connectivity index (χ2n) is 6.19. The van der Waals surface area contributed by atoms with Crippen molar-refractivity contribution >= 4 is 27.5 Å². The van der Waals surface area contributed by atoms with E-state index in [1.807, 2.05) is 11.5 Å². The predicted octanol–water partition coefficient (Wildman–Crippen LogP) is 3.81. The van der Waals surface area contributed by atoms with Crippen molar-refractivity contribution in [2.24, 2.45) is 4.99 Å². The van der Waals surface area contributed by atoms with Crippen LogP contribution in [0.25, 0.3) is 10.2 Å². The third-order valence-corrected chi connectivity index (χ3v) is 5.37. The SMILES string of the molecule is CCOCCn1c(=NC(=O)c2ccc(OC)c(OC)c2)sc2cc(C)ccc21. The summed E-state index contributed by atoms with van der Waals surface area (Å²) in [6, 6.07) is 11.3. The maximum atomic E-state index is 12.8. The second-order valence-corrected chi connectivity index (χ2v) is 7.20. The largest absolute Gasteiger partial charge is 0.493 e. The first-order valence-electron chi connectivity index (χ1n) is 9.06. The lowest BCUT2D eigenvalue weighted by atomic mass is 10.2. The van der Waals surface area contributed by atoms with Crippen LogP contribution < -0.4 is 14.3 Å². The summed E-state index contributed by atoms with van der Waals surface area (Å²) in [4.78, 5) is 17.9. The van der Waals surface area contributed by atoms with Crippen LogP contribution in [0.15, 0.2) is 41.4 Å². The van der Waals surface area contributed by atoms with Gasteiger partial charge in [-0.15, -0.1) is 0 Å². The molecular formula is C21H24N2O4S. The molecule has 0 spiro atoms. The summed E-state index contributed by atoms with van der Waals surface area (Å²) >= 11 is 1.50. The van der Waals surface area contributed by atoms with Gasteiger partial charge in [-0.2, -0.15) is 4.99 Å². The summed E-state index contributed by atoms with van der Waals surface area (Å²) in [5, 5.41) is 0. The molecule has 6 nitrogen and oxygen atoms in total. The lowest BCUT2D eigenvalue weighted by Crippen LogP contribution is -2.19. The van der Waals surface area contributed by atoms with Gasteiger partial charge < -0.3 is 18.8 Å². The fourth-order valence-electron chi connectivity index (χ4n) is 2.90. The molecule has 2 aromatic carbocycles. The van der Waals surface area contributed by atoms with Crippen LogP contribution in [-0.4, -0.2) is 37.9 Å². The molecule has 148 valence electrons. The predicted molar refractivity (Wildman–Crippen MR) is 110 cm³/mol. The van der Waals surface area contributed by atoms with E-state index in [0.717, 1.165) is 10.2 Å². The van der Waals surface area contributed by atoms with Crippen molar-refractivity contribution in [3.05, 3.63) is 52.3 Å². The number of nitrogens with zero attached hydrogens (tertiary/aromatic N) is 2. The number of aromatic nitrogens is 1. The highest BCUT2D eigenvalue weighted by Gasteiger charge is 2.12. The van der Waals surface area contributed by atoms with E-state index in [0.29, 0.717) is 41.6 Å². The number of thiazole rings is 1. The van der Waals surface area contributed by atoms with Crippen LogP contribution in [0.4, 0.5) is 0 Å². The molecule has 0 bridgehead atoms. The maximum Gasteiger partial charge on any atom is 0.279 e. The minimum Gasteiger partial charge on any atom is -0.493 e. The number of rotatable bonds is 7. The highest BCUT2D eigenvalue weighted by atomic mass is 32.1. The van der Waals surface area contributed by atoms with Gasteiger partial charge in [0.05, 0.1) is 31.0 Å². The molecule has 0 saturated heterocycles. The fraction of sp³-hybridized carbons (Fsp3) is 0.333. The number of fused-ring (bicyclic) bond motifs is 1. The average molecular weight is 401 g/mol. The molecule has 1 amide bonds. The standard InChI is InChI=1S/C21H24N2O4S/c1-5-27-11-10-23-16-8-6-14(2)12-19(16)28-21(23)22-20(24)15-7-9-17(25-3)18(13-15)26-4/h6-9,12-13H,5,10-11H2,1-4H3. The molecule has 0 saturated carbocycles. The molecule has 0 aliphatic rings. The Kier molecular flexibility index (Phi) is 6.49. The van der Waals surface area contributed by atoms with Crippen LogP contribution in [-0.2, 0) is 11.3 Å². The molecule has 0 N–H and O–H groups in total. The topological polar surface area (TPSA) is 62.1 Å². The van der Waals surface area contributed by atoms with E-state index >= 15 is 0 Å². The number of hydrogen-bond donors (Lipinski definition) is 0. The summed E-state index contributed by atoms with van der Waals surface area (Å²) in [7, 11) is 3.10. The maximum absolute atomic E-state index is 12.8. The summed E-state index contributed by atoms with van der Waals surface area (Å²) in [5.74, 6) is 0.747. The smallest absolute Gasteiger partial charge is 0.279 e. The molecule has 0 fully saturated rings. The van der Waals surface area contributed by atoms with Crippen molar-refractivity contribution in [2.45, 2.75) is 20.4 Å². The molecule has 0 aliphatic heterocycles. The molecule has 3 rings (SSSR count). The number of benzene rings is 2. The van der Waals surface area contributed by atoms with Crippen molar-refractivity contribution < 1.29 is 19.0 Å². The molecular weight excluding hydrogens is 376 g/mol. The first-order valence-corrected chi connectivity index (χ1v) is 9.87. The van der Waals surface area contributed by atoms with Crippen LogP contribution in [0.3, 0.4) is 0 Å². The van der Waals surface area contributed by atoms with E-state index in [9.17, 15) is 4.79 Å². The van der Waals surface area contributed by atoms with Crippen LogP contribution in [0, 0.1) is 6.92 Å². The van der Waals surface area contributed by atoms with Crippen molar-refractivity contribution in [2.75, 3.05) is 27.4 Å². The van der Waals surface area contributed by atoms with Crippen LogP contribution in [0.5, 0.6) is 11.5 Å². The zero-order chi connectivity index (χ0) is 20.1. The molecule has 3 aromatic rings. The Labute approximate surface area is 168 Å².